The molecule has 4 rings (SSSR count). The lowest BCUT2D eigenvalue weighted by atomic mass is 9.95. The number of ketones is 1. The molecule has 1 heterocycles. The average molecular weight is 483 g/mol. The summed E-state index contributed by atoms with van der Waals surface area (Å²) < 4.78 is 0.816. The zero-order valence-electron chi connectivity index (χ0n) is 15.8. The minimum absolute atomic E-state index is 0.0661. The number of carbonyl (C=O) groups is 2. The average Bonchev–Trinajstić information content (AvgIpc) is 2.99. The molecule has 1 saturated heterocycles. The first-order valence-electron chi connectivity index (χ1n) is 9.29. The van der Waals surface area contributed by atoms with Crippen LogP contribution in [0.15, 0.2) is 88.9 Å². The predicted octanol–water partition coefficient (Wildman–Crippen LogP) is 5.72. The van der Waals surface area contributed by atoms with Gasteiger partial charge in [-0.1, -0.05) is 70.0 Å². The lowest BCUT2D eigenvalue weighted by Crippen LogP contribution is -2.29. The van der Waals surface area contributed by atoms with E-state index in [1.165, 1.54) is 4.90 Å². The molecule has 30 heavy (non-hydrogen) atoms. The van der Waals surface area contributed by atoms with Gasteiger partial charge in [0.25, 0.3) is 11.7 Å². The summed E-state index contributed by atoms with van der Waals surface area (Å²) in [4.78, 5) is 27.5. The fraction of sp³-hybridized carbons (Fsp3) is 0.0833. The van der Waals surface area contributed by atoms with Gasteiger partial charge in [0, 0.05) is 21.6 Å². The smallest absolute Gasteiger partial charge is 0.295 e. The van der Waals surface area contributed by atoms with E-state index < -0.39 is 17.7 Å². The van der Waals surface area contributed by atoms with Gasteiger partial charge in [0.15, 0.2) is 0 Å². The normalized spacial score (nSPS) is 18.1. The van der Waals surface area contributed by atoms with Gasteiger partial charge < -0.3 is 10.0 Å². The van der Waals surface area contributed by atoms with Crippen molar-refractivity contribution in [3.05, 3.63) is 111 Å². The van der Waals surface area contributed by atoms with Gasteiger partial charge in [-0.25, -0.2) is 0 Å². The Kier molecular flexibility index (Phi) is 5.75. The number of Topliss-reactive ketones (excluding diaryl/α,β-unsaturated/α-hetero) is 1. The summed E-state index contributed by atoms with van der Waals surface area (Å²) in [6.45, 7) is 0.250. The summed E-state index contributed by atoms with van der Waals surface area (Å²) in [5.41, 5.74) is 2.12. The Balaban J connectivity index is 1.87. The Morgan fingerprint density at radius 1 is 0.967 bits per heavy atom. The zero-order valence-corrected chi connectivity index (χ0v) is 18.1. The third kappa shape index (κ3) is 3.91. The molecule has 0 bridgehead atoms. The van der Waals surface area contributed by atoms with E-state index in [0.717, 1.165) is 15.6 Å². The van der Waals surface area contributed by atoms with Crippen molar-refractivity contribution in [2.75, 3.05) is 0 Å². The second kappa shape index (κ2) is 8.46. The van der Waals surface area contributed by atoms with Crippen molar-refractivity contribution in [3.8, 4) is 0 Å². The SMILES string of the molecule is O=C1C(=O)N(Cc2ccccc2)C(c2cccc(Br)c2)C1=C(O)c1ccc(Cl)cc1. The molecule has 1 fully saturated rings. The van der Waals surface area contributed by atoms with E-state index in [2.05, 4.69) is 15.9 Å². The maximum Gasteiger partial charge on any atom is 0.295 e. The Bertz CT molecular complexity index is 1140. The van der Waals surface area contributed by atoms with E-state index >= 15 is 0 Å². The highest BCUT2D eigenvalue weighted by atomic mass is 79.9. The van der Waals surface area contributed by atoms with Crippen LogP contribution in [0.4, 0.5) is 0 Å². The highest BCUT2D eigenvalue weighted by Gasteiger charge is 2.46. The monoisotopic (exact) mass is 481 g/mol. The molecule has 1 atom stereocenters. The molecule has 1 N–H and O–H groups in total. The van der Waals surface area contributed by atoms with Crippen molar-refractivity contribution < 1.29 is 14.7 Å². The van der Waals surface area contributed by atoms with Crippen LogP contribution in [-0.2, 0) is 16.1 Å². The highest BCUT2D eigenvalue weighted by Crippen LogP contribution is 2.40. The summed E-state index contributed by atoms with van der Waals surface area (Å²) in [5.74, 6) is -1.56. The molecule has 150 valence electrons. The molecule has 3 aromatic carbocycles. The van der Waals surface area contributed by atoms with E-state index in [1.807, 2.05) is 54.6 Å². The largest absolute Gasteiger partial charge is 0.507 e. The van der Waals surface area contributed by atoms with Gasteiger partial charge in [0.05, 0.1) is 11.6 Å². The topological polar surface area (TPSA) is 57.6 Å². The number of aliphatic hydroxyl groups excluding tert-OH is 1. The van der Waals surface area contributed by atoms with Crippen molar-refractivity contribution >= 4 is 45.0 Å². The molecule has 4 nitrogen and oxygen atoms in total. The standard InChI is InChI=1S/C24H17BrClNO3/c25-18-8-4-7-17(13-18)21-20(22(28)16-9-11-19(26)12-10-16)23(29)24(30)27(21)14-15-5-2-1-3-6-15/h1-13,21,28H,14H2. The number of hydrogen-bond donors (Lipinski definition) is 1. The lowest BCUT2D eigenvalue weighted by Gasteiger charge is -2.25. The number of aliphatic hydroxyl groups is 1. The third-order valence-electron chi connectivity index (χ3n) is 5.02. The summed E-state index contributed by atoms with van der Waals surface area (Å²) in [5, 5.41) is 11.5. The van der Waals surface area contributed by atoms with Crippen molar-refractivity contribution in [1.82, 2.24) is 4.90 Å². The first kappa shape index (κ1) is 20.4. The number of carbonyl (C=O) groups excluding carboxylic acids is 2. The number of halogens is 2. The summed E-state index contributed by atoms with van der Waals surface area (Å²) >= 11 is 9.41. The first-order valence-corrected chi connectivity index (χ1v) is 10.5. The quantitative estimate of drug-likeness (QED) is 0.294. The number of benzene rings is 3. The number of rotatable bonds is 4. The van der Waals surface area contributed by atoms with Crippen LogP contribution in [0.3, 0.4) is 0 Å². The fourth-order valence-corrected chi connectivity index (χ4v) is 4.15. The Hall–Kier alpha value is -2.89. The molecule has 1 unspecified atom stereocenters. The summed E-state index contributed by atoms with van der Waals surface area (Å²) in [6.07, 6.45) is 0. The molecular weight excluding hydrogens is 466 g/mol. The molecule has 1 aliphatic heterocycles. The predicted molar refractivity (Wildman–Crippen MR) is 120 cm³/mol. The molecule has 1 amide bonds. The van der Waals surface area contributed by atoms with Crippen LogP contribution in [0.5, 0.6) is 0 Å². The van der Waals surface area contributed by atoms with Crippen molar-refractivity contribution in [2.24, 2.45) is 0 Å². The van der Waals surface area contributed by atoms with Crippen LogP contribution in [0.1, 0.15) is 22.7 Å². The zero-order chi connectivity index (χ0) is 21.3. The van der Waals surface area contributed by atoms with E-state index in [9.17, 15) is 14.7 Å². The van der Waals surface area contributed by atoms with Crippen LogP contribution in [-0.4, -0.2) is 21.7 Å². The molecule has 3 aromatic rings. The number of amides is 1. The van der Waals surface area contributed by atoms with Gasteiger partial charge in [0.2, 0.25) is 0 Å². The maximum absolute atomic E-state index is 13.0. The molecular formula is C24H17BrClNO3. The van der Waals surface area contributed by atoms with E-state index in [-0.39, 0.29) is 17.9 Å². The van der Waals surface area contributed by atoms with Gasteiger partial charge in [-0.15, -0.1) is 0 Å². The van der Waals surface area contributed by atoms with Gasteiger partial charge in [-0.2, -0.15) is 0 Å². The first-order chi connectivity index (χ1) is 14.5. The van der Waals surface area contributed by atoms with Crippen molar-refractivity contribution in [1.29, 1.82) is 0 Å². The fourth-order valence-electron chi connectivity index (χ4n) is 3.61. The summed E-state index contributed by atoms with van der Waals surface area (Å²) in [6, 6.07) is 22.7. The Morgan fingerprint density at radius 2 is 1.67 bits per heavy atom. The van der Waals surface area contributed by atoms with Gasteiger partial charge in [-0.3, -0.25) is 9.59 Å². The van der Waals surface area contributed by atoms with Crippen LogP contribution in [0.25, 0.3) is 5.76 Å². The van der Waals surface area contributed by atoms with E-state index in [0.29, 0.717) is 10.6 Å². The Labute approximate surface area is 187 Å². The van der Waals surface area contributed by atoms with Gasteiger partial charge in [0.1, 0.15) is 5.76 Å². The van der Waals surface area contributed by atoms with Crippen LogP contribution in [0, 0.1) is 0 Å². The molecule has 0 spiro atoms. The van der Waals surface area contributed by atoms with E-state index in [4.69, 9.17) is 11.6 Å². The highest BCUT2D eigenvalue weighted by molar-refractivity contribution is 9.10. The lowest BCUT2D eigenvalue weighted by molar-refractivity contribution is -0.140. The van der Waals surface area contributed by atoms with Crippen LogP contribution in [0.2, 0.25) is 5.02 Å². The van der Waals surface area contributed by atoms with Gasteiger partial charge >= 0.3 is 0 Å². The summed E-state index contributed by atoms with van der Waals surface area (Å²) in [7, 11) is 0. The molecule has 1 aliphatic rings. The van der Waals surface area contributed by atoms with E-state index in [1.54, 1.807) is 24.3 Å². The minimum Gasteiger partial charge on any atom is -0.507 e. The maximum atomic E-state index is 13.0. The second-order valence-electron chi connectivity index (χ2n) is 6.97. The second-order valence-corrected chi connectivity index (χ2v) is 8.33. The number of hydrogen-bond acceptors (Lipinski definition) is 3. The van der Waals surface area contributed by atoms with Crippen LogP contribution >= 0.6 is 27.5 Å². The van der Waals surface area contributed by atoms with Crippen LogP contribution < -0.4 is 0 Å². The third-order valence-corrected chi connectivity index (χ3v) is 5.76. The molecule has 0 aromatic heterocycles. The minimum atomic E-state index is -0.710. The molecule has 0 aliphatic carbocycles. The Morgan fingerprint density at radius 3 is 2.33 bits per heavy atom. The van der Waals surface area contributed by atoms with Crippen molar-refractivity contribution in [2.45, 2.75) is 12.6 Å². The van der Waals surface area contributed by atoms with Gasteiger partial charge in [-0.05, 0) is 47.5 Å². The number of likely N-dealkylation sites (tertiary alicyclic amines) is 1. The molecule has 6 heteroatoms. The number of nitrogens with zero attached hydrogens (tertiary/aromatic N) is 1. The van der Waals surface area contributed by atoms with Crippen molar-refractivity contribution in [3.63, 3.8) is 0 Å². The molecule has 0 radical (unpaired) electrons. The molecule has 0 saturated carbocycles.